The van der Waals surface area contributed by atoms with Crippen LogP contribution in [0, 0.1) is 11.8 Å². The molecule has 19 heavy (non-hydrogen) atoms. The quantitative estimate of drug-likeness (QED) is 0.895. The fourth-order valence-corrected chi connectivity index (χ4v) is 2.40. The Morgan fingerprint density at radius 2 is 2.05 bits per heavy atom. The number of benzene rings is 1. The van der Waals surface area contributed by atoms with Gasteiger partial charge < -0.3 is 9.88 Å². The van der Waals surface area contributed by atoms with Crippen LogP contribution in [-0.2, 0) is 11.8 Å². The number of anilines is 1. The largest absolute Gasteiger partial charge is 0.325 e. The molecule has 98 valence electrons. The van der Waals surface area contributed by atoms with E-state index >= 15 is 0 Å². The fraction of sp³-hybridized carbons (Fsp3) is 0.333. The number of fused-ring (bicyclic) bond motifs is 1. The lowest BCUT2D eigenvalue weighted by atomic mass is 10.1. The summed E-state index contributed by atoms with van der Waals surface area (Å²) in [6.07, 6.45) is 2.68. The van der Waals surface area contributed by atoms with E-state index in [0.29, 0.717) is 11.3 Å². The van der Waals surface area contributed by atoms with E-state index in [1.807, 2.05) is 12.1 Å². The molecule has 0 radical (unpaired) electrons. The van der Waals surface area contributed by atoms with E-state index in [1.165, 1.54) is 4.57 Å². The van der Waals surface area contributed by atoms with Crippen molar-refractivity contribution in [2.75, 3.05) is 5.32 Å². The van der Waals surface area contributed by atoms with Crippen molar-refractivity contribution < 1.29 is 4.79 Å². The molecule has 1 N–H and O–H groups in total. The first-order valence-corrected chi connectivity index (χ1v) is 6.47. The molecule has 1 saturated carbocycles. The summed E-state index contributed by atoms with van der Waals surface area (Å²) < 4.78 is 1.54. The molecule has 0 spiro atoms. The van der Waals surface area contributed by atoms with E-state index < -0.39 is 0 Å². The lowest BCUT2D eigenvalue weighted by Gasteiger charge is -2.09. The van der Waals surface area contributed by atoms with E-state index in [0.717, 1.165) is 17.5 Å². The molecule has 4 nitrogen and oxygen atoms in total. The molecule has 1 heterocycles. The van der Waals surface area contributed by atoms with Gasteiger partial charge in [-0.05, 0) is 30.5 Å². The van der Waals surface area contributed by atoms with Gasteiger partial charge in [0.05, 0.1) is 0 Å². The average molecular weight is 256 g/mol. The summed E-state index contributed by atoms with van der Waals surface area (Å²) in [6.45, 7) is 2.07. The Balaban J connectivity index is 2.02. The van der Waals surface area contributed by atoms with Gasteiger partial charge in [0.25, 0.3) is 5.56 Å². The van der Waals surface area contributed by atoms with Crippen LogP contribution >= 0.6 is 0 Å². The molecule has 1 aliphatic rings. The molecular weight excluding hydrogens is 240 g/mol. The van der Waals surface area contributed by atoms with E-state index in [-0.39, 0.29) is 17.4 Å². The predicted octanol–water partition coefficient (Wildman–Crippen LogP) is 2.13. The molecule has 0 aliphatic heterocycles. The zero-order chi connectivity index (χ0) is 13.6. The van der Waals surface area contributed by atoms with Crippen molar-refractivity contribution in [3.63, 3.8) is 0 Å². The number of aromatic nitrogens is 1. The number of carbonyl (C=O) groups is 1. The third-order valence-corrected chi connectivity index (χ3v) is 3.83. The van der Waals surface area contributed by atoms with E-state index in [2.05, 4.69) is 12.2 Å². The topological polar surface area (TPSA) is 51.1 Å². The van der Waals surface area contributed by atoms with Crippen LogP contribution in [-0.4, -0.2) is 10.5 Å². The van der Waals surface area contributed by atoms with Gasteiger partial charge in [-0.15, -0.1) is 0 Å². The molecule has 0 saturated heterocycles. The summed E-state index contributed by atoms with van der Waals surface area (Å²) in [5.74, 6) is 0.658. The second-order valence-electron chi connectivity index (χ2n) is 5.31. The minimum Gasteiger partial charge on any atom is -0.325 e. The maximum absolute atomic E-state index is 12.0. The Bertz CT molecular complexity index is 718. The van der Waals surface area contributed by atoms with E-state index in [4.69, 9.17) is 0 Å². The Morgan fingerprint density at radius 1 is 1.32 bits per heavy atom. The van der Waals surface area contributed by atoms with Crippen LogP contribution in [0.5, 0.6) is 0 Å². The summed E-state index contributed by atoms with van der Waals surface area (Å²) in [6, 6.07) is 7.29. The molecule has 1 aliphatic carbocycles. The van der Waals surface area contributed by atoms with Crippen LogP contribution in [0.4, 0.5) is 5.69 Å². The van der Waals surface area contributed by atoms with Crippen LogP contribution in [0.15, 0.2) is 35.3 Å². The summed E-state index contributed by atoms with van der Waals surface area (Å²) in [4.78, 5) is 24.0. The van der Waals surface area contributed by atoms with Crippen LogP contribution in [0.1, 0.15) is 13.3 Å². The van der Waals surface area contributed by atoms with Crippen molar-refractivity contribution in [1.82, 2.24) is 4.57 Å². The molecule has 3 rings (SSSR count). The fourth-order valence-electron chi connectivity index (χ4n) is 2.40. The van der Waals surface area contributed by atoms with Gasteiger partial charge in [0.2, 0.25) is 5.91 Å². The molecule has 2 aromatic rings. The second-order valence-corrected chi connectivity index (χ2v) is 5.31. The summed E-state index contributed by atoms with van der Waals surface area (Å²) >= 11 is 0. The molecule has 4 heteroatoms. The molecule has 0 unspecified atom stereocenters. The normalized spacial score (nSPS) is 21.4. The summed E-state index contributed by atoms with van der Waals surface area (Å²) in [5, 5.41) is 4.37. The highest BCUT2D eigenvalue weighted by molar-refractivity contribution is 6.03. The highest BCUT2D eigenvalue weighted by Crippen LogP contribution is 2.38. The number of rotatable bonds is 2. The molecule has 0 bridgehead atoms. The Labute approximate surface area is 111 Å². The Kier molecular flexibility index (Phi) is 2.66. The van der Waals surface area contributed by atoms with Crippen LogP contribution in [0.2, 0.25) is 0 Å². The van der Waals surface area contributed by atoms with Crippen LogP contribution in [0.3, 0.4) is 0 Å². The van der Waals surface area contributed by atoms with Gasteiger partial charge in [0.1, 0.15) is 0 Å². The predicted molar refractivity (Wildman–Crippen MR) is 75.1 cm³/mol. The molecular formula is C15H16N2O2. The monoisotopic (exact) mass is 256 g/mol. The first-order valence-electron chi connectivity index (χ1n) is 6.47. The van der Waals surface area contributed by atoms with E-state index in [9.17, 15) is 9.59 Å². The lowest BCUT2D eigenvalue weighted by Crippen LogP contribution is -2.18. The minimum atomic E-state index is -0.0478. The minimum absolute atomic E-state index is 0.0478. The lowest BCUT2D eigenvalue weighted by molar-refractivity contribution is -0.117. The molecule has 1 amide bonds. The molecule has 1 fully saturated rings. The SMILES string of the molecule is C[C@@H]1C[C@H]1C(=O)Nc1cccc2c(=O)n(C)ccc12. The van der Waals surface area contributed by atoms with Gasteiger partial charge in [-0.3, -0.25) is 9.59 Å². The van der Waals surface area contributed by atoms with Gasteiger partial charge in [0.15, 0.2) is 0 Å². The first-order chi connectivity index (χ1) is 9.08. The highest BCUT2D eigenvalue weighted by atomic mass is 16.2. The van der Waals surface area contributed by atoms with Crippen molar-refractivity contribution in [1.29, 1.82) is 0 Å². The first kappa shape index (κ1) is 12.0. The number of nitrogens with one attached hydrogen (secondary N) is 1. The smallest absolute Gasteiger partial charge is 0.258 e. The second kappa shape index (κ2) is 4.23. The van der Waals surface area contributed by atoms with Gasteiger partial charge in [-0.25, -0.2) is 0 Å². The standard InChI is InChI=1S/C15H16N2O2/c1-9-8-12(9)14(18)16-13-5-3-4-11-10(13)6-7-17(2)15(11)19/h3-7,9,12H,8H2,1-2H3,(H,16,18)/t9-,12-/m1/s1. The highest BCUT2D eigenvalue weighted by Gasteiger charge is 2.39. The summed E-state index contributed by atoms with van der Waals surface area (Å²) in [7, 11) is 1.72. The zero-order valence-electron chi connectivity index (χ0n) is 11.0. The van der Waals surface area contributed by atoms with Crippen molar-refractivity contribution in [2.24, 2.45) is 18.9 Å². The number of pyridine rings is 1. The number of hydrogen-bond donors (Lipinski definition) is 1. The maximum atomic E-state index is 12.0. The van der Waals surface area contributed by atoms with Crippen LogP contribution in [0.25, 0.3) is 10.8 Å². The van der Waals surface area contributed by atoms with Gasteiger partial charge >= 0.3 is 0 Å². The summed E-state index contributed by atoms with van der Waals surface area (Å²) in [5.41, 5.74) is 0.674. The Morgan fingerprint density at radius 3 is 2.74 bits per heavy atom. The number of nitrogens with zero attached hydrogens (tertiary/aromatic N) is 1. The van der Waals surface area contributed by atoms with E-state index in [1.54, 1.807) is 25.4 Å². The third kappa shape index (κ3) is 2.03. The molecule has 2 atom stereocenters. The van der Waals surface area contributed by atoms with Gasteiger partial charge in [0, 0.05) is 35.6 Å². The van der Waals surface area contributed by atoms with Crippen molar-refractivity contribution in [2.45, 2.75) is 13.3 Å². The number of carbonyl (C=O) groups excluding carboxylic acids is 1. The average Bonchev–Trinajstić information content (AvgIpc) is 3.12. The van der Waals surface area contributed by atoms with Gasteiger partial charge in [-0.2, -0.15) is 0 Å². The maximum Gasteiger partial charge on any atom is 0.258 e. The van der Waals surface area contributed by atoms with Gasteiger partial charge in [-0.1, -0.05) is 13.0 Å². The van der Waals surface area contributed by atoms with Crippen molar-refractivity contribution in [3.8, 4) is 0 Å². The number of hydrogen-bond acceptors (Lipinski definition) is 2. The van der Waals surface area contributed by atoms with Crippen molar-refractivity contribution >= 4 is 22.4 Å². The third-order valence-electron chi connectivity index (χ3n) is 3.83. The zero-order valence-corrected chi connectivity index (χ0v) is 11.0. The molecule has 1 aromatic heterocycles. The molecule has 1 aromatic carbocycles. The van der Waals surface area contributed by atoms with Crippen LogP contribution < -0.4 is 10.9 Å². The Hall–Kier alpha value is -2.10. The number of amides is 1. The number of aryl methyl sites for hydroxylation is 1. The van der Waals surface area contributed by atoms with Crippen molar-refractivity contribution in [3.05, 3.63) is 40.8 Å².